The van der Waals surface area contributed by atoms with E-state index in [2.05, 4.69) is 4.98 Å². The third-order valence-corrected chi connectivity index (χ3v) is 2.76. The van der Waals surface area contributed by atoms with Crippen LogP contribution in [0.15, 0.2) is 12.1 Å². The molecular formula is C10H9ClFN2-. The van der Waals surface area contributed by atoms with Crippen LogP contribution in [0.3, 0.4) is 0 Å². The van der Waals surface area contributed by atoms with Crippen molar-refractivity contribution >= 4 is 22.5 Å². The number of hydrogen-bond acceptors (Lipinski definition) is 0. The highest BCUT2D eigenvalue weighted by molar-refractivity contribution is 6.36. The molecule has 0 aliphatic carbocycles. The van der Waals surface area contributed by atoms with Crippen LogP contribution in [-0.4, -0.2) is 4.98 Å². The van der Waals surface area contributed by atoms with E-state index < -0.39 is 0 Å². The lowest BCUT2D eigenvalue weighted by Crippen LogP contribution is -1.87. The van der Waals surface area contributed by atoms with Gasteiger partial charge in [-0.05, 0) is 18.6 Å². The Morgan fingerprint density at radius 3 is 2.86 bits per heavy atom. The Morgan fingerprint density at radius 1 is 1.50 bits per heavy atom. The molecule has 0 amide bonds. The molecule has 4 heteroatoms. The highest BCUT2D eigenvalue weighted by atomic mass is 35.5. The number of nitrogens with one attached hydrogen (secondary N) is 2. The number of aromatic nitrogens is 1. The van der Waals surface area contributed by atoms with Crippen molar-refractivity contribution in [2.24, 2.45) is 0 Å². The summed E-state index contributed by atoms with van der Waals surface area (Å²) in [5.74, 6) is -0.383. The van der Waals surface area contributed by atoms with Gasteiger partial charge in [-0.1, -0.05) is 17.7 Å². The third kappa shape index (κ3) is 1.21. The molecule has 2 rings (SSSR count). The molecule has 0 bridgehead atoms. The van der Waals surface area contributed by atoms with Crippen LogP contribution in [0, 0.1) is 12.7 Å². The van der Waals surface area contributed by atoms with Gasteiger partial charge in [0.2, 0.25) is 0 Å². The molecule has 0 radical (unpaired) electrons. The average Bonchev–Trinajstić information content (AvgIpc) is 2.44. The first-order valence-electron chi connectivity index (χ1n) is 4.25. The van der Waals surface area contributed by atoms with E-state index in [4.69, 9.17) is 17.3 Å². The third-order valence-electron chi connectivity index (χ3n) is 2.28. The van der Waals surface area contributed by atoms with E-state index in [-0.39, 0.29) is 12.4 Å². The molecule has 0 saturated carbocycles. The summed E-state index contributed by atoms with van der Waals surface area (Å²) in [6.07, 6.45) is 0. The van der Waals surface area contributed by atoms with Crippen molar-refractivity contribution in [3.63, 3.8) is 0 Å². The van der Waals surface area contributed by atoms with E-state index in [0.717, 1.165) is 5.69 Å². The highest BCUT2D eigenvalue weighted by Crippen LogP contribution is 2.30. The Balaban J connectivity index is 2.86. The number of aryl methyl sites for hydroxylation is 1. The van der Waals surface area contributed by atoms with Gasteiger partial charge in [0.15, 0.2) is 0 Å². The summed E-state index contributed by atoms with van der Waals surface area (Å²) in [7, 11) is 0. The molecule has 0 saturated heterocycles. The van der Waals surface area contributed by atoms with Crippen LogP contribution < -0.4 is 0 Å². The van der Waals surface area contributed by atoms with Crippen LogP contribution in [0.5, 0.6) is 0 Å². The van der Waals surface area contributed by atoms with Crippen LogP contribution in [0.1, 0.15) is 11.3 Å². The zero-order valence-corrected chi connectivity index (χ0v) is 8.37. The summed E-state index contributed by atoms with van der Waals surface area (Å²) < 4.78 is 13.7. The second-order valence-electron chi connectivity index (χ2n) is 3.20. The summed E-state index contributed by atoms with van der Waals surface area (Å²) in [5.41, 5.74) is 8.95. The second kappa shape index (κ2) is 3.26. The number of fused-ring (bicyclic) bond motifs is 1. The topological polar surface area (TPSA) is 39.6 Å². The van der Waals surface area contributed by atoms with E-state index in [9.17, 15) is 4.39 Å². The molecule has 2 nitrogen and oxygen atoms in total. The van der Waals surface area contributed by atoms with Gasteiger partial charge in [0.05, 0.1) is 15.9 Å². The molecular weight excluding hydrogens is 203 g/mol. The maximum Gasteiger partial charge on any atom is 0.135 e. The molecule has 14 heavy (non-hydrogen) atoms. The van der Waals surface area contributed by atoms with Crippen LogP contribution >= 0.6 is 11.6 Å². The number of aromatic amines is 1. The average molecular weight is 212 g/mol. The van der Waals surface area contributed by atoms with Gasteiger partial charge in [-0.2, -0.15) is 0 Å². The van der Waals surface area contributed by atoms with Gasteiger partial charge in [0, 0.05) is 5.69 Å². The minimum atomic E-state index is -0.383. The van der Waals surface area contributed by atoms with Crippen LogP contribution in [0.2, 0.25) is 5.02 Å². The Labute approximate surface area is 85.9 Å². The molecule has 1 heterocycles. The van der Waals surface area contributed by atoms with E-state index in [0.29, 0.717) is 21.5 Å². The highest BCUT2D eigenvalue weighted by Gasteiger charge is 2.12. The molecule has 0 unspecified atom stereocenters. The normalized spacial score (nSPS) is 11.1. The first-order valence-corrected chi connectivity index (χ1v) is 4.62. The largest absolute Gasteiger partial charge is 0.674 e. The zero-order valence-electron chi connectivity index (χ0n) is 7.62. The summed E-state index contributed by atoms with van der Waals surface area (Å²) in [6.45, 7) is 1.73. The fourth-order valence-electron chi connectivity index (χ4n) is 1.52. The number of benzene rings is 1. The number of rotatable bonds is 1. The molecule has 0 fully saturated rings. The molecule has 0 aliphatic heterocycles. The summed E-state index contributed by atoms with van der Waals surface area (Å²) in [4.78, 5) is 2.99. The molecule has 74 valence electrons. The second-order valence-corrected chi connectivity index (χ2v) is 3.58. The molecule has 2 aromatic rings. The van der Waals surface area contributed by atoms with E-state index in [1.807, 2.05) is 0 Å². The maximum absolute atomic E-state index is 13.7. The fraction of sp³-hybridized carbons (Fsp3) is 0.200. The first-order chi connectivity index (χ1) is 6.65. The van der Waals surface area contributed by atoms with Gasteiger partial charge in [0.1, 0.15) is 5.82 Å². The Bertz CT molecular complexity index is 490. The predicted octanol–water partition coefficient (Wildman–Crippen LogP) is 3.82. The predicted molar refractivity (Wildman–Crippen MR) is 56.0 cm³/mol. The quantitative estimate of drug-likeness (QED) is 0.745. The first kappa shape index (κ1) is 9.49. The molecule has 0 spiro atoms. The van der Waals surface area contributed by atoms with Gasteiger partial charge in [-0.15, -0.1) is 6.54 Å². The standard InChI is InChI=1S/C10H9ClFN2/c1-5-9(11)8-7(14-5)3-2-6(4-13)10(8)12/h2-3,13-14H,4H2,1H3/q-1. The summed E-state index contributed by atoms with van der Waals surface area (Å²) >= 11 is 5.94. The van der Waals surface area contributed by atoms with Gasteiger partial charge >= 0.3 is 0 Å². The molecule has 1 aromatic carbocycles. The lowest BCUT2D eigenvalue weighted by atomic mass is 10.1. The van der Waals surface area contributed by atoms with Gasteiger partial charge in [-0.25, -0.2) is 4.39 Å². The SMILES string of the molecule is Cc1[nH]c2ccc(C[NH-])c(F)c2c1Cl. The molecule has 1 aromatic heterocycles. The van der Waals surface area contributed by atoms with E-state index in [1.165, 1.54) is 0 Å². The van der Waals surface area contributed by atoms with Crippen LogP contribution in [-0.2, 0) is 6.54 Å². The lowest BCUT2D eigenvalue weighted by Gasteiger charge is -2.04. The summed E-state index contributed by atoms with van der Waals surface area (Å²) in [5, 5.41) is 0.807. The van der Waals surface area contributed by atoms with Crippen molar-refractivity contribution in [1.29, 1.82) is 0 Å². The summed E-state index contributed by atoms with van der Waals surface area (Å²) in [6, 6.07) is 3.36. The minimum Gasteiger partial charge on any atom is -0.674 e. The van der Waals surface area contributed by atoms with Crippen molar-refractivity contribution in [1.82, 2.24) is 4.98 Å². The molecule has 2 N–H and O–H groups in total. The van der Waals surface area contributed by atoms with E-state index >= 15 is 0 Å². The van der Waals surface area contributed by atoms with Crippen molar-refractivity contribution in [3.05, 3.63) is 40.0 Å². The van der Waals surface area contributed by atoms with Gasteiger partial charge in [0.25, 0.3) is 0 Å². The van der Waals surface area contributed by atoms with Crippen molar-refractivity contribution in [3.8, 4) is 0 Å². The smallest absolute Gasteiger partial charge is 0.135 e. The van der Waals surface area contributed by atoms with Gasteiger partial charge in [-0.3, -0.25) is 0 Å². The Kier molecular flexibility index (Phi) is 2.21. The van der Waals surface area contributed by atoms with Crippen molar-refractivity contribution in [2.75, 3.05) is 0 Å². The van der Waals surface area contributed by atoms with Crippen LogP contribution in [0.4, 0.5) is 4.39 Å². The van der Waals surface area contributed by atoms with Crippen molar-refractivity contribution < 1.29 is 4.39 Å². The maximum atomic E-state index is 13.7. The minimum absolute atomic E-state index is 0.0671. The Hall–Kier alpha value is -1.06. The molecule has 0 aliphatic rings. The molecule has 0 atom stereocenters. The number of hydrogen-bond donors (Lipinski definition) is 1. The Morgan fingerprint density at radius 2 is 2.21 bits per heavy atom. The fourth-order valence-corrected chi connectivity index (χ4v) is 1.75. The zero-order chi connectivity index (χ0) is 10.3. The lowest BCUT2D eigenvalue weighted by molar-refractivity contribution is 0.627. The van der Waals surface area contributed by atoms with Gasteiger partial charge < -0.3 is 10.7 Å². The number of H-pyrrole nitrogens is 1. The van der Waals surface area contributed by atoms with E-state index in [1.54, 1.807) is 19.1 Å². The van der Waals surface area contributed by atoms with Crippen molar-refractivity contribution in [2.45, 2.75) is 13.5 Å². The van der Waals surface area contributed by atoms with Crippen LogP contribution in [0.25, 0.3) is 16.6 Å². The number of halogens is 2. The monoisotopic (exact) mass is 211 g/mol.